The molecule has 1 aromatic heterocycles. The van der Waals surface area contributed by atoms with Crippen molar-refractivity contribution in [3.05, 3.63) is 48.3 Å². The van der Waals surface area contributed by atoms with E-state index in [-0.39, 0.29) is 0 Å². The molecule has 0 aliphatic heterocycles. The normalized spacial score (nSPS) is 14.8. The van der Waals surface area contributed by atoms with E-state index in [1.54, 1.807) is 11.8 Å². The predicted octanol–water partition coefficient (Wildman–Crippen LogP) is 3.76. The molecule has 0 atom stereocenters. The van der Waals surface area contributed by atoms with Gasteiger partial charge >= 0.3 is 0 Å². The summed E-state index contributed by atoms with van der Waals surface area (Å²) >= 11 is 1.74. The van der Waals surface area contributed by atoms with Crippen LogP contribution in [0.3, 0.4) is 0 Å². The molecule has 1 aliphatic rings. The van der Waals surface area contributed by atoms with E-state index in [2.05, 4.69) is 41.2 Å². The molecule has 1 aromatic carbocycles. The van der Waals surface area contributed by atoms with Gasteiger partial charge in [0.1, 0.15) is 10.8 Å². The average molecular weight is 285 g/mol. The molecule has 0 bridgehead atoms. The van der Waals surface area contributed by atoms with Gasteiger partial charge in [0.15, 0.2) is 0 Å². The summed E-state index contributed by atoms with van der Waals surface area (Å²) in [6.07, 6.45) is 7.61. The van der Waals surface area contributed by atoms with Crippen molar-refractivity contribution in [2.45, 2.75) is 36.1 Å². The van der Waals surface area contributed by atoms with Gasteiger partial charge in [0.2, 0.25) is 0 Å². The molecule has 0 saturated heterocycles. The zero-order chi connectivity index (χ0) is 13.8. The Morgan fingerprint density at radius 3 is 2.70 bits per heavy atom. The Labute approximate surface area is 124 Å². The van der Waals surface area contributed by atoms with Crippen LogP contribution in [0.25, 0.3) is 0 Å². The second kappa shape index (κ2) is 6.27. The molecule has 3 rings (SSSR count). The molecule has 20 heavy (non-hydrogen) atoms. The van der Waals surface area contributed by atoms with Crippen LogP contribution in [0, 0.1) is 0 Å². The lowest BCUT2D eigenvalue weighted by Crippen LogP contribution is -2.37. The molecular weight excluding hydrogens is 266 g/mol. The lowest BCUT2D eigenvalue weighted by Gasteiger charge is -2.35. The van der Waals surface area contributed by atoms with Crippen molar-refractivity contribution in [2.75, 3.05) is 11.9 Å². The summed E-state index contributed by atoms with van der Waals surface area (Å²) in [5.74, 6) is 1.93. The van der Waals surface area contributed by atoms with E-state index in [9.17, 15) is 0 Å². The highest BCUT2D eigenvalue weighted by Gasteiger charge is 2.23. The molecule has 3 nitrogen and oxygen atoms in total. The summed E-state index contributed by atoms with van der Waals surface area (Å²) in [5, 5.41) is 0.998. The summed E-state index contributed by atoms with van der Waals surface area (Å²) in [7, 11) is 2.12. The largest absolute Gasteiger partial charge is 0.355 e. The van der Waals surface area contributed by atoms with Gasteiger partial charge in [-0.2, -0.15) is 0 Å². The fraction of sp³-hybridized carbons (Fsp3) is 0.375. The predicted molar refractivity (Wildman–Crippen MR) is 84.1 cm³/mol. The first-order valence-electron chi connectivity index (χ1n) is 7.04. The SMILES string of the molecule is CN(c1cncc(SCc2ccccc2)n1)C1CCC1. The van der Waals surface area contributed by atoms with Gasteiger partial charge in [-0.25, -0.2) is 4.98 Å². The topological polar surface area (TPSA) is 29.0 Å². The molecule has 1 heterocycles. The maximum Gasteiger partial charge on any atom is 0.148 e. The molecule has 0 radical (unpaired) electrons. The van der Waals surface area contributed by atoms with Gasteiger partial charge in [-0.3, -0.25) is 4.98 Å². The van der Waals surface area contributed by atoms with Crippen LogP contribution >= 0.6 is 11.8 Å². The van der Waals surface area contributed by atoms with Crippen molar-refractivity contribution in [2.24, 2.45) is 0 Å². The van der Waals surface area contributed by atoms with E-state index in [1.165, 1.54) is 24.8 Å². The van der Waals surface area contributed by atoms with Crippen LogP contribution in [0.5, 0.6) is 0 Å². The number of hydrogen-bond donors (Lipinski definition) is 0. The molecule has 0 amide bonds. The molecule has 104 valence electrons. The van der Waals surface area contributed by atoms with Gasteiger partial charge in [0.25, 0.3) is 0 Å². The van der Waals surface area contributed by atoms with Crippen molar-refractivity contribution < 1.29 is 0 Å². The van der Waals surface area contributed by atoms with E-state index in [1.807, 2.05) is 18.5 Å². The minimum atomic E-state index is 0.652. The molecule has 0 spiro atoms. The number of benzene rings is 1. The number of hydrogen-bond acceptors (Lipinski definition) is 4. The van der Waals surface area contributed by atoms with Gasteiger partial charge < -0.3 is 4.90 Å². The summed E-state index contributed by atoms with van der Waals surface area (Å²) < 4.78 is 0. The Balaban J connectivity index is 1.65. The van der Waals surface area contributed by atoms with Crippen molar-refractivity contribution >= 4 is 17.6 Å². The smallest absolute Gasteiger partial charge is 0.148 e. The molecular formula is C16H19N3S. The highest BCUT2D eigenvalue weighted by atomic mass is 32.2. The van der Waals surface area contributed by atoms with Crippen LogP contribution in [-0.4, -0.2) is 23.1 Å². The third kappa shape index (κ3) is 3.12. The van der Waals surface area contributed by atoms with Crippen molar-refractivity contribution in [3.63, 3.8) is 0 Å². The first-order chi connectivity index (χ1) is 9.83. The highest BCUT2D eigenvalue weighted by molar-refractivity contribution is 7.98. The van der Waals surface area contributed by atoms with Crippen LogP contribution < -0.4 is 4.90 Å². The van der Waals surface area contributed by atoms with Gasteiger partial charge in [0, 0.05) is 18.8 Å². The van der Waals surface area contributed by atoms with Gasteiger partial charge in [-0.1, -0.05) is 30.3 Å². The Kier molecular flexibility index (Phi) is 4.21. The van der Waals surface area contributed by atoms with E-state index < -0.39 is 0 Å². The number of anilines is 1. The van der Waals surface area contributed by atoms with E-state index in [0.29, 0.717) is 6.04 Å². The molecule has 0 N–H and O–H groups in total. The number of aromatic nitrogens is 2. The Hall–Kier alpha value is -1.55. The Morgan fingerprint density at radius 2 is 2.00 bits per heavy atom. The quantitative estimate of drug-likeness (QED) is 0.782. The van der Waals surface area contributed by atoms with Gasteiger partial charge in [-0.15, -0.1) is 11.8 Å². The van der Waals surface area contributed by atoms with E-state index in [4.69, 9.17) is 4.98 Å². The number of nitrogens with zero attached hydrogens (tertiary/aromatic N) is 3. The van der Waals surface area contributed by atoms with Crippen molar-refractivity contribution in [1.29, 1.82) is 0 Å². The molecule has 0 unspecified atom stereocenters. The fourth-order valence-corrected chi connectivity index (χ4v) is 3.07. The van der Waals surface area contributed by atoms with Crippen LogP contribution in [0.4, 0.5) is 5.82 Å². The lowest BCUT2D eigenvalue weighted by atomic mass is 9.92. The Bertz CT molecular complexity index is 555. The summed E-state index contributed by atoms with van der Waals surface area (Å²) in [5.41, 5.74) is 1.32. The number of rotatable bonds is 5. The minimum absolute atomic E-state index is 0.652. The van der Waals surface area contributed by atoms with Crippen molar-refractivity contribution in [3.8, 4) is 0 Å². The molecule has 1 fully saturated rings. The van der Waals surface area contributed by atoms with Crippen LogP contribution in [0.15, 0.2) is 47.8 Å². The Morgan fingerprint density at radius 1 is 1.20 bits per heavy atom. The molecule has 2 aromatic rings. The minimum Gasteiger partial charge on any atom is -0.355 e. The molecule has 1 aliphatic carbocycles. The lowest BCUT2D eigenvalue weighted by molar-refractivity contribution is 0.398. The second-order valence-corrected chi connectivity index (χ2v) is 6.18. The summed E-state index contributed by atoms with van der Waals surface area (Å²) in [6.45, 7) is 0. The van der Waals surface area contributed by atoms with Gasteiger partial charge in [-0.05, 0) is 24.8 Å². The summed E-state index contributed by atoms with van der Waals surface area (Å²) in [4.78, 5) is 11.3. The standard InChI is InChI=1S/C16H19N3S/c1-19(14-8-5-9-14)15-10-17-11-16(18-15)20-12-13-6-3-2-4-7-13/h2-4,6-7,10-11,14H,5,8-9,12H2,1H3. The van der Waals surface area contributed by atoms with Crippen LogP contribution in [-0.2, 0) is 5.75 Å². The highest BCUT2D eigenvalue weighted by Crippen LogP contribution is 2.28. The maximum absolute atomic E-state index is 4.72. The zero-order valence-corrected chi connectivity index (χ0v) is 12.5. The zero-order valence-electron chi connectivity index (χ0n) is 11.7. The second-order valence-electron chi connectivity index (χ2n) is 5.19. The van der Waals surface area contributed by atoms with E-state index >= 15 is 0 Å². The maximum atomic E-state index is 4.72. The first-order valence-corrected chi connectivity index (χ1v) is 8.03. The van der Waals surface area contributed by atoms with Gasteiger partial charge in [0.05, 0.1) is 12.4 Å². The fourth-order valence-electron chi connectivity index (χ4n) is 2.27. The number of thioether (sulfide) groups is 1. The van der Waals surface area contributed by atoms with Crippen LogP contribution in [0.1, 0.15) is 24.8 Å². The van der Waals surface area contributed by atoms with Crippen LogP contribution in [0.2, 0.25) is 0 Å². The molecule has 4 heteroatoms. The molecule has 1 saturated carbocycles. The first kappa shape index (κ1) is 13.4. The summed E-state index contributed by atoms with van der Waals surface area (Å²) in [6, 6.07) is 11.1. The van der Waals surface area contributed by atoms with E-state index in [0.717, 1.165) is 16.6 Å². The third-order valence-corrected chi connectivity index (χ3v) is 4.78. The monoisotopic (exact) mass is 285 g/mol. The van der Waals surface area contributed by atoms with Crippen molar-refractivity contribution in [1.82, 2.24) is 9.97 Å². The third-order valence-electron chi connectivity index (χ3n) is 3.81. The average Bonchev–Trinajstić information content (AvgIpc) is 2.45.